The van der Waals surface area contributed by atoms with Gasteiger partial charge in [0.15, 0.2) is 5.65 Å². The van der Waals surface area contributed by atoms with Gasteiger partial charge in [0.05, 0.1) is 11.1 Å². The predicted octanol–water partition coefficient (Wildman–Crippen LogP) is 1.49. The largest absolute Gasteiger partial charge is 0.365 e. The maximum absolute atomic E-state index is 12.1. The third-order valence-corrected chi connectivity index (χ3v) is 5.34. The number of carbonyl (C=O) groups excluding carboxylic acids is 1. The number of carbonyl (C=O) groups is 1. The van der Waals surface area contributed by atoms with E-state index in [2.05, 4.69) is 32.0 Å². The van der Waals surface area contributed by atoms with Gasteiger partial charge in [-0.2, -0.15) is 4.52 Å². The standard InChI is InChI=1S/C20H20N8O/c1-13-11-26(8-9-27(13)18-7-6-17-24-22-12-28(17)25-18)20-15(19(21)29)10-14-4-2-3-5-16(14)23-20/h2-7,10,12-13H,8-9,11H2,1H3,(H2,21,29). The lowest BCUT2D eigenvalue weighted by Crippen LogP contribution is -2.53. The lowest BCUT2D eigenvalue weighted by atomic mass is 10.1. The summed E-state index contributed by atoms with van der Waals surface area (Å²) in [4.78, 5) is 21.2. The van der Waals surface area contributed by atoms with Crippen LogP contribution in [0.2, 0.25) is 0 Å². The molecule has 5 rings (SSSR count). The van der Waals surface area contributed by atoms with Crippen molar-refractivity contribution in [1.82, 2.24) is 24.8 Å². The number of piperazine rings is 1. The summed E-state index contributed by atoms with van der Waals surface area (Å²) in [7, 11) is 0. The summed E-state index contributed by atoms with van der Waals surface area (Å²) in [6.45, 7) is 4.29. The zero-order valence-electron chi connectivity index (χ0n) is 15.9. The Balaban J connectivity index is 1.45. The van der Waals surface area contributed by atoms with Crippen LogP contribution in [0.1, 0.15) is 17.3 Å². The molecule has 0 spiro atoms. The molecular formula is C20H20N8O. The number of nitrogens with two attached hydrogens (primary N) is 1. The normalized spacial score (nSPS) is 17.2. The van der Waals surface area contributed by atoms with E-state index >= 15 is 0 Å². The van der Waals surface area contributed by atoms with Gasteiger partial charge in [-0.1, -0.05) is 18.2 Å². The van der Waals surface area contributed by atoms with Crippen molar-refractivity contribution in [2.45, 2.75) is 13.0 Å². The number of aromatic nitrogens is 5. The first-order valence-electron chi connectivity index (χ1n) is 9.48. The van der Waals surface area contributed by atoms with Gasteiger partial charge in [-0.05, 0) is 31.2 Å². The highest BCUT2D eigenvalue weighted by Gasteiger charge is 2.28. The van der Waals surface area contributed by atoms with Gasteiger partial charge >= 0.3 is 0 Å². The van der Waals surface area contributed by atoms with Gasteiger partial charge in [-0.25, -0.2) is 4.98 Å². The topological polar surface area (TPSA) is 106 Å². The zero-order valence-corrected chi connectivity index (χ0v) is 15.9. The Hall–Kier alpha value is -3.75. The summed E-state index contributed by atoms with van der Waals surface area (Å²) in [5, 5.41) is 13.4. The number of anilines is 2. The zero-order chi connectivity index (χ0) is 20.0. The first kappa shape index (κ1) is 17.4. The molecule has 9 nitrogen and oxygen atoms in total. The number of fused-ring (bicyclic) bond motifs is 2. The van der Waals surface area contributed by atoms with Crippen molar-refractivity contribution in [2.24, 2.45) is 5.73 Å². The highest BCUT2D eigenvalue weighted by molar-refractivity contribution is 6.01. The fraction of sp³-hybridized carbons (Fsp3) is 0.250. The van der Waals surface area contributed by atoms with Crippen molar-refractivity contribution < 1.29 is 4.79 Å². The van der Waals surface area contributed by atoms with Gasteiger partial charge in [0, 0.05) is 31.1 Å². The van der Waals surface area contributed by atoms with Crippen LogP contribution in [0.25, 0.3) is 16.6 Å². The van der Waals surface area contributed by atoms with Gasteiger partial charge in [0.1, 0.15) is 18.0 Å². The molecule has 0 saturated carbocycles. The Morgan fingerprint density at radius 1 is 1.17 bits per heavy atom. The summed E-state index contributed by atoms with van der Waals surface area (Å²) in [6, 6.07) is 13.6. The summed E-state index contributed by atoms with van der Waals surface area (Å²) in [5.74, 6) is 1.05. The quantitative estimate of drug-likeness (QED) is 0.567. The number of para-hydroxylation sites is 1. The first-order chi connectivity index (χ1) is 14.1. The molecule has 1 unspecified atom stereocenters. The molecule has 3 aromatic heterocycles. The average molecular weight is 388 g/mol. The molecule has 29 heavy (non-hydrogen) atoms. The van der Waals surface area contributed by atoms with Gasteiger partial charge in [-0.3, -0.25) is 4.79 Å². The van der Waals surface area contributed by atoms with Crippen LogP contribution < -0.4 is 15.5 Å². The minimum Gasteiger partial charge on any atom is -0.365 e. The van der Waals surface area contributed by atoms with Crippen LogP contribution in [0.3, 0.4) is 0 Å². The fourth-order valence-corrected chi connectivity index (χ4v) is 3.89. The third-order valence-electron chi connectivity index (χ3n) is 5.34. The van der Waals surface area contributed by atoms with Crippen molar-refractivity contribution in [3.05, 3.63) is 54.4 Å². The maximum atomic E-state index is 12.1. The Morgan fingerprint density at radius 3 is 2.86 bits per heavy atom. The first-order valence-corrected chi connectivity index (χ1v) is 9.48. The van der Waals surface area contributed by atoms with E-state index in [1.54, 1.807) is 10.8 Å². The fourth-order valence-electron chi connectivity index (χ4n) is 3.89. The maximum Gasteiger partial charge on any atom is 0.252 e. The number of benzene rings is 1. The molecule has 1 atom stereocenters. The number of hydrogen-bond acceptors (Lipinski definition) is 7. The second-order valence-corrected chi connectivity index (χ2v) is 7.23. The van der Waals surface area contributed by atoms with E-state index in [4.69, 9.17) is 10.7 Å². The molecule has 1 amide bonds. The Labute approximate surface area is 166 Å². The molecule has 1 saturated heterocycles. The highest BCUT2D eigenvalue weighted by Crippen LogP contribution is 2.27. The van der Waals surface area contributed by atoms with Gasteiger partial charge in [0.2, 0.25) is 0 Å². The molecule has 4 aromatic rings. The molecule has 1 fully saturated rings. The van der Waals surface area contributed by atoms with Crippen LogP contribution in [0, 0.1) is 0 Å². The number of nitrogens with zero attached hydrogens (tertiary/aromatic N) is 7. The van der Waals surface area contributed by atoms with Crippen LogP contribution in [-0.4, -0.2) is 56.4 Å². The third kappa shape index (κ3) is 3.00. The molecule has 4 heterocycles. The molecular weight excluding hydrogens is 368 g/mol. The Bertz CT molecular complexity index is 1220. The Morgan fingerprint density at radius 2 is 2.03 bits per heavy atom. The van der Waals surface area contributed by atoms with Crippen molar-refractivity contribution in [3.63, 3.8) is 0 Å². The number of pyridine rings is 1. The number of hydrogen-bond donors (Lipinski definition) is 1. The smallest absolute Gasteiger partial charge is 0.252 e. The van der Waals surface area contributed by atoms with E-state index in [0.29, 0.717) is 30.1 Å². The summed E-state index contributed by atoms with van der Waals surface area (Å²) in [5.41, 5.74) is 7.68. The molecule has 1 aromatic carbocycles. The number of amides is 1. The monoisotopic (exact) mass is 388 g/mol. The predicted molar refractivity (Wildman–Crippen MR) is 110 cm³/mol. The van der Waals surface area contributed by atoms with E-state index in [1.807, 2.05) is 42.5 Å². The van der Waals surface area contributed by atoms with E-state index in [1.165, 1.54) is 0 Å². The second kappa shape index (κ2) is 6.69. The van der Waals surface area contributed by atoms with Crippen molar-refractivity contribution in [3.8, 4) is 0 Å². The van der Waals surface area contributed by atoms with E-state index in [0.717, 1.165) is 23.3 Å². The average Bonchev–Trinajstić information content (AvgIpc) is 3.20. The summed E-state index contributed by atoms with van der Waals surface area (Å²) >= 11 is 0. The molecule has 0 bridgehead atoms. The minimum atomic E-state index is -0.465. The van der Waals surface area contributed by atoms with Crippen molar-refractivity contribution in [1.29, 1.82) is 0 Å². The second-order valence-electron chi connectivity index (χ2n) is 7.23. The molecule has 1 aliphatic rings. The molecule has 9 heteroatoms. The highest BCUT2D eigenvalue weighted by atomic mass is 16.1. The molecule has 1 aliphatic heterocycles. The van der Waals surface area contributed by atoms with Crippen LogP contribution in [0.15, 0.2) is 48.8 Å². The van der Waals surface area contributed by atoms with Crippen LogP contribution in [0.5, 0.6) is 0 Å². The molecule has 2 N–H and O–H groups in total. The SMILES string of the molecule is CC1CN(c2nc3ccccc3cc2C(N)=O)CCN1c1ccc2nncn2n1. The van der Waals surface area contributed by atoms with Gasteiger partial charge in [-0.15, -0.1) is 15.3 Å². The van der Waals surface area contributed by atoms with Crippen LogP contribution in [-0.2, 0) is 0 Å². The van der Waals surface area contributed by atoms with Gasteiger partial charge < -0.3 is 15.5 Å². The number of primary amides is 1. The van der Waals surface area contributed by atoms with Crippen LogP contribution >= 0.6 is 0 Å². The molecule has 0 aliphatic carbocycles. The lowest BCUT2D eigenvalue weighted by Gasteiger charge is -2.41. The molecule has 0 radical (unpaired) electrons. The summed E-state index contributed by atoms with van der Waals surface area (Å²) < 4.78 is 1.67. The minimum absolute atomic E-state index is 0.166. The lowest BCUT2D eigenvalue weighted by molar-refractivity contribution is 0.100. The van der Waals surface area contributed by atoms with Crippen LogP contribution in [0.4, 0.5) is 11.6 Å². The van der Waals surface area contributed by atoms with E-state index in [-0.39, 0.29) is 6.04 Å². The van der Waals surface area contributed by atoms with Gasteiger partial charge in [0.25, 0.3) is 5.91 Å². The van der Waals surface area contributed by atoms with E-state index in [9.17, 15) is 4.79 Å². The molecule has 146 valence electrons. The van der Waals surface area contributed by atoms with E-state index < -0.39 is 5.91 Å². The Kier molecular flexibility index (Phi) is 4.01. The van der Waals surface area contributed by atoms with Crippen molar-refractivity contribution >= 4 is 34.1 Å². The van der Waals surface area contributed by atoms with Crippen molar-refractivity contribution in [2.75, 3.05) is 29.4 Å². The number of rotatable bonds is 3. The summed E-state index contributed by atoms with van der Waals surface area (Å²) in [6.07, 6.45) is 1.60.